The van der Waals surface area contributed by atoms with Crippen molar-refractivity contribution in [3.05, 3.63) is 0 Å². The van der Waals surface area contributed by atoms with Gasteiger partial charge in [0.1, 0.15) is 0 Å². The summed E-state index contributed by atoms with van der Waals surface area (Å²) in [6, 6.07) is 1.12. The fraction of sp³-hybridized carbons (Fsp3) is 1.00. The van der Waals surface area contributed by atoms with Crippen LogP contribution in [0.1, 0.15) is 187 Å². The molecule has 1 N–H and O–H groups in total. The summed E-state index contributed by atoms with van der Waals surface area (Å²) in [7, 11) is -1.28. The Kier molecular flexibility index (Phi) is 30.4. The maximum atomic E-state index is 9.39. The Balaban J connectivity index is 3.00. The molecule has 0 rings (SSSR count). The normalized spacial score (nSPS) is 12.5. The zero-order valence-electron chi connectivity index (χ0n) is 23.5. The van der Waals surface area contributed by atoms with Crippen molar-refractivity contribution in [2.45, 2.75) is 199 Å². The van der Waals surface area contributed by atoms with Crippen LogP contribution >= 0.6 is 0 Å². The summed E-state index contributed by atoms with van der Waals surface area (Å²) in [6.07, 6.45) is 40.7. The van der Waals surface area contributed by atoms with Crippen molar-refractivity contribution in [1.82, 2.24) is 0 Å². The van der Waals surface area contributed by atoms with Gasteiger partial charge < -0.3 is 4.80 Å². The zero-order valence-corrected chi connectivity index (χ0v) is 24.7. The molecule has 0 spiro atoms. The average Bonchev–Trinajstić information content (AvgIpc) is 2.80. The lowest BCUT2D eigenvalue weighted by atomic mass is 10.0. The zero-order chi connectivity index (χ0) is 24.1. The van der Waals surface area contributed by atoms with Gasteiger partial charge in [-0.05, 0) is 12.6 Å². The predicted octanol–water partition coefficient (Wildman–Crippen LogP) is 11.3. The molecule has 0 radical (unpaired) electrons. The molecule has 0 aliphatic heterocycles. The SMILES string of the molecule is CCCCCCCCCCCCCCCCCCCCCCCCCCCCCC[SiH](C)O. The summed E-state index contributed by atoms with van der Waals surface area (Å²) in [5.74, 6) is 0. The Morgan fingerprint density at radius 2 is 0.515 bits per heavy atom. The van der Waals surface area contributed by atoms with E-state index < -0.39 is 9.04 Å². The molecule has 0 fully saturated rings. The van der Waals surface area contributed by atoms with Gasteiger partial charge in [-0.2, -0.15) is 0 Å². The van der Waals surface area contributed by atoms with E-state index in [0.717, 1.165) is 6.04 Å². The summed E-state index contributed by atoms with van der Waals surface area (Å²) in [4.78, 5) is 9.39. The first-order chi connectivity index (χ1) is 16.3. The predicted molar refractivity (Wildman–Crippen MR) is 155 cm³/mol. The standard InChI is InChI=1S/C31H66OSi/c1-3-4-5-6-7-8-9-10-11-12-13-14-15-16-17-18-19-20-21-22-23-24-25-26-27-28-29-30-31-33(2)32/h32-33H,3-31H2,1-2H3. The molecule has 0 saturated carbocycles. The van der Waals surface area contributed by atoms with E-state index in [1.54, 1.807) is 0 Å². The van der Waals surface area contributed by atoms with E-state index >= 15 is 0 Å². The van der Waals surface area contributed by atoms with Crippen LogP contribution in [0.3, 0.4) is 0 Å². The second-order valence-corrected chi connectivity index (χ2v) is 13.5. The fourth-order valence-corrected chi connectivity index (χ4v) is 5.99. The lowest BCUT2D eigenvalue weighted by Gasteiger charge is -2.05. The molecular weight excluding hydrogens is 416 g/mol. The van der Waals surface area contributed by atoms with Crippen LogP contribution in [-0.2, 0) is 0 Å². The maximum absolute atomic E-state index is 9.39. The van der Waals surface area contributed by atoms with Gasteiger partial charge in [-0.3, -0.25) is 0 Å². The minimum Gasteiger partial charge on any atom is -0.435 e. The molecular formula is C31H66OSi. The van der Waals surface area contributed by atoms with Crippen LogP contribution in [0, 0.1) is 0 Å². The molecule has 1 unspecified atom stereocenters. The van der Waals surface area contributed by atoms with Crippen molar-refractivity contribution >= 4 is 9.04 Å². The first-order valence-corrected chi connectivity index (χ1v) is 18.4. The summed E-state index contributed by atoms with van der Waals surface area (Å²) in [5, 5.41) is 0. The Morgan fingerprint density at radius 1 is 0.333 bits per heavy atom. The van der Waals surface area contributed by atoms with E-state index in [1.165, 1.54) is 180 Å². The minimum atomic E-state index is -1.28. The van der Waals surface area contributed by atoms with Crippen LogP contribution in [0.2, 0.25) is 12.6 Å². The van der Waals surface area contributed by atoms with E-state index in [-0.39, 0.29) is 0 Å². The van der Waals surface area contributed by atoms with Crippen molar-refractivity contribution in [2.24, 2.45) is 0 Å². The monoisotopic (exact) mass is 482 g/mol. The van der Waals surface area contributed by atoms with Gasteiger partial charge in [-0.1, -0.05) is 187 Å². The van der Waals surface area contributed by atoms with E-state index in [0.29, 0.717) is 0 Å². The molecule has 0 aliphatic carbocycles. The third-order valence-electron chi connectivity index (χ3n) is 7.48. The Labute approximate surface area is 213 Å². The number of hydrogen-bond donors (Lipinski definition) is 1. The molecule has 0 aromatic carbocycles. The Hall–Kier alpha value is 0.177. The Morgan fingerprint density at radius 3 is 0.697 bits per heavy atom. The van der Waals surface area contributed by atoms with Crippen LogP contribution in [-0.4, -0.2) is 13.8 Å². The van der Waals surface area contributed by atoms with Gasteiger partial charge in [-0.25, -0.2) is 0 Å². The van der Waals surface area contributed by atoms with Crippen molar-refractivity contribution in [3.63, 3.8) is 0 Å². The van der Waals surface area contributed by atoms with Gasteiger partial charge in [-0.15, -0.1) is 0 Å². The number of hydrogen-bond acceptors (Lipinski definition) is 1. The molecule has 0 saturated heterocycles. The molecule has 1 atom stereocenters. The van der Waals surface area contributed by atoms with E-state index in [4.69, 9.17) is 0 Å². The van der Waals surface area contributed by atoms with Gasteiger partial charge in [0.15, 0.2) is 9.04 Å². The van der Waals surface area contributed by atoms with Crippen molar-refractivity contribution in [1.29, 1.82) is 0 Å². The topological polar surface area (TPSA) is 20.2 Å². The van der Waals surface area contributed by atoms with Crippen LogP contribution in [0.4, 0.5) is 0 Å². The summed E-state index contributed by atoms with van der Waals surface area (Å²) >= 11 is 0. The van der Waals surface area contributed by atoms with E-state index in [2.05, 4.69) is 6.92 Å². The van der Waals surface area contributed by atoms with Crippen LogP contribution in [0.5, 0.6) is 0 Å². The summed E-state index contributed by atoms with van der Waals surface area (Å²) < 4.78 is 0. The first-order valence-electron chi connectivity index (χ1n) is 16.0. The highest BCUT2D eigenvalue weighted by Crippen LogP contribution is 2.16. The van der Waals surface area contributed by atoms with E-state index in [1.807, 2.05) is 6.55 Å². The first kappa shape index (κ1) is 33.2. The molecule has 0 aromatic heterocycles. The molecule has 0 amide bonds. The number of rotatable bonds is 29. The number of unbranched alkanes of at least 4 members (excludes halogenated alkanes) is 27. The lowest BCUT2D eigenvalue weighted by Crippen LogP contribution is -2.03. The van der Waals surface area contributed by atoms with Crippen molar-refractivity contribution in [2.75, 3.05) is 0 Å². The van der Waals surface area contributed by atoms with E-state index in [9.17, 15) is 4.80 Å². The lowest BCUT2D eigenvalue weighted by molar-refractivity contribution is 0.514. The maximum Gasteiger partial charge on any atom is 0.169 e. The highest BCUT2D eigenvalue weighted by molar-refractivity contribution is 6.48. The fourth-order valence-electron chi connectivity index (χ4n) is 5.11. The molecule has 0 heterocycles. The van der Waals surface area contributed by atoms with Crippen LogP contribution in [0.15, 0.2) is 0 Å². The smallest absolute Gasteiger partial charge is 0.169 e. The molecule has 200 valence electrons. The highest BCUT2D eigenvalue weighted by Gasteiger charge is 1.98. The van der Waals surface area contributed by atoms with Gasteiger partial charge in [0.2, 0.25) is 0 Å². The average molecular weight is 483 g/mol. The Bertz CT molecular complexity index is 331. The highest BCUT2D eigenvalue weighted by atomic mass is 28.3. The summed E-state index contributed by atoms with van der Waals surface area (Å²) in [6.45, 7) is 4.35. The second-order valence-electron chi connectivity index (χ2n) is 11.2. The summed E-state index contributed by atoms with van der Waals surface area (Å²) in [5.41, 5.74) is 0. The van der Waals surface area contributed by atoms with Crippen LogP contribution < -0.4 is 0 Å². The van der Waals surface area contributed by atoms with Crippen molar-refractivity contribution < 1.29 is 4.80 Å². The largest absolute Gasteiger partial charge is 0.435 e. The molecule has 1 nitrogen and oxygen atoms in total. The van der Waals surface area contributed by atoms with Gasteiger partial charge >= 0.3 is 0 Å². The molecule has 0 bridgehead atoms. The second kappa shape index (κ2) is 30.2. The quantitative estimate of drug-likeness (QED) is 0.0829. The molecule has 0 aliphatic rings. The third-order valence-corrected chi connectivity index (χ3v) is 8.72. The molecule has 0 aromatic rings. The van der Waals surface area contributed by atoms with Crippen molar-refractivity contribution in [3.8, 4) is 0 Å². The minimum absolute atomic E-state index is 1.12. The van der Waals surface area contributed by atoms with Gasteiger partial charge in [0, 0.05) is 0 Å². The third kappa shape index (κ3) is 32.2. The molecule has 33 heavy (non-hydrogen) atoms. The molecule has 2 heteroatoms. The van der Waals surface area contributed by atoms with Gasteiger partial charge in [0.05, 0.1) is 0 Å². The van der Waals surface area contributed by atoms with Gasteiger partial charge in [0.25, 0.3) is 0 Å². The van der Waals surface area contributed by atoms with Crippen LogP contribution in [0.25, 0.3) is 0 Å².